The van der Waals surface area contributed by atoms with Gasteiger partial charge in [-0.25, -0.2) is 0 Å². The number of furan rings is 2. The van der Waals surface area contributed by atoms with Crippen LogP contribution >= 0.6 is 0 Å². The molecule has 0 atom stereocenters. The number of hydrogen-bond acceptors (Lipinski definition) is 4. The molecule has 9 aromatic rings. The Morgan fingerprint density at radius 2 is 0.875 bits per heavy atom. The van der Waals surface area contributed by atoms with E-state index < -0.39 is 0 Å². The number of aryl methyl sites for hydroxylation is 1. The van der Waals surface area contributed by atoms with Gasteiger partial charge in [-0.2, -0.15) is 0 Å². The van der Waals surface area contributed by atoms with Crippen molar-refractivity contribution in [1.82, 2.24) is 0 Å². The summed E-state index contributed by atoms with van der Waals surface area (Å²) in [5.74, 6) is 1.52. The Labute approximate surface area is 327 Å². The van der Waals surface area contributed by atoms with Crippen molar-refractivity contribution in [3.63, 3.8) is 0 Å². The first-order valence-electron chi connectivity index (χ1n) is 18.8. The van der Waals surface area contributed by atoms with Crippen LogP contribution in [0.4, 0.5) is 17.1 Å². The monoisotopic (exact) mass is 724 g/mol. The number of fused-ring (bicyclic) bond motifs is 2. The SMILES string of the molecule is C=Cc1oc2c(-c3ccc(N(c4ccc(-c5ccc(-c6ccccc6)cc5)cc4)c4ccc(-c5cccc6c(CN)c(C=C)oc56)cc4)cc3)cccc2c1C. The molecule has 0 radical (unpaired) electrons. The Kier molecular flexibility index (Phi) is 9.02. The highest BCUT2D eigenvalue weighted by molar-refractivity contribution is 5.98. The summed E-state index contributed by atoms with van der Waals surface area (Å²) in [5, 5.41) is 2.12. The third kappa shape index (κ3) is 6.12. The van der Waals surface area contributed by atoms with Crippen molar-refractivity contribution >= 4 is 51.2 Å². The summed E-state index contributed by atoms with van der Waals surface area (Å²) in [6, 6.07) is 57.9. The van der Waals surface area contributed by atoms with Gasteiger partial charge in [0.25, 0.3) is 0 Å². The van der Waals surface area contributed by atoms with Gasteiger partial charge in [-0.05, 0) is 88.9 Å². The van der Waals surface area contributed by atoms with E-state index in [1.807, 2.05) is 6.07 Å². The molecule has 2 heterocycles. The molecule has 2 N–H and O–H groups in total. The summed E-state index contributed by atoms with van der Waals surface area (Å²) >= 11 is 0. The van der Waals surface area contributed by atoms with E-state index in [4.69, 9.17) is 14.6 Å². The van der Waals surface area contributed by atoms with Gasteiger partial charge in [0.1, 0.15) is 22.7 Å². The van der Waals surface area contributed by atoms with E-state index in [2.05, 4.69) is 183 Å². The molecule has 0 amide bonds. The topological polar surface area (TPSA) is 55.5 Å². The fraction of sp³-hybridized carbons (Fsp3) is 0.0385. The molecule has 0 unspecified atom stereocenters. The Morgan fingerprint density at radius 3 is 1.36 bits per heavy atom. The van der Waals surface area contributed by atoms with Crippen molar-refractivity contribution in [2.24, 2.45) is 5.73 Å². The zero-order valence-corrected chi connectivity index (χ0v) is 31.2. The molecule has 0 saturated heterocycles. The van der Waals surface area contributed by atoms with E-state index >= 15 is 0 Å². The van der Waals surface area contributed by atoms with Gasteiger partial charge in [0.05, 0.1) is 0 Å². The molecule has 0 fully saturated rings. The van der Waals surface area contributed by atoms with Gasteiger partial charge < -0.3 is 19.5 Å². The maximum atomic E-state index is 6.29. The van der Waals surface area contributed by atoms with Crippen molar-refractivity contribution in [3.8, 4) is 44.5 Å². The smallest absolute Gasteiger partial charge is 0.142 e. The third-order valence-electron chi connectivity index (χ3n) is 10.7. The number of hydrogen-bond donors (Lipinski definition) is 1. The molecule has 9 rings (SSSR count). The maximum Gasteiger partial charge on any atom is 0.142 e. The van der Waals surface area contributed by atoms with Gasteiger partial charge in [0.2, 0.25) is 0 Å². The highest BCUT2D eigenvalue weighted by Gasteiger charge is 2.18. The molecule has 0 aliphatic carbocycles. The lowest BCUT2D eigenvalue weighted by molar-refractivity contribution is 0.600. The van der Waals surface area contributed by atoms with Crippen molar-refractivity contribution in [2.75, 3.05) is 4.90 Å². The summed E-state index contributed by atoms with van der Waals surface area (Å²) in [6.45, 7) is 10.4. The van der Waals surface area contributed by atoms with Crippen LogP contribution in [0.3, 0.4) is 0 Å². The van der Waals surface area contributed by atoms with Gasteiger partial charge in [0.15, 0.2) is 0 Å². The number of nitrogens with two attached hydrogens (primary N) is 1. The molecular formula is C52H40N2O2. The molecule has 4 heteroatoms. The number of para-hydroxylation sites is 2. The van der Waals surface area contributed by atoms with Crippen LogP contribution in [-0.4, -0.2) is 0 Å². The number of benzene rings is 7. The predicted octanol–water partition coefficient (Wildman–Crippen LogP) is 14.4. The molecule has 2 aromatic heterocycles. The van der Waals surface area contributed by atoms with E-state index in [0.717, 1.165) is 89.5 Å². The normalized spacial score (nSPS) is 11.2. The molecule has 270 valence electrons. The molecular weight excluding hydrogens is 685 g/mol. The van der Waals surface area contributed by atoms with Crippen LogP contribution < -0.4 is 10.6 Å². The summed E-state index contributed by atoms with van der Waals surface area (Å²) in [4.78, 5) is 2.29. The van der Waals surface area contributed by atoms with Crippen molar-refractivity contribution in [2.45, 2.75) is 13.5 Å². The van der Waals surface area contributed by atoms with E-state index in [-0.39, 0.29) is 0 Å². The van der Waals surface area contributed by atoms with Crippen LogP contribution in [0.15, 0.2) is 186 Å². The van der Waals surface area contributed by atoms with E-state index in [1.54, 1.807) is 12.2 Å². The van der Waals surface area contributed by atoms with Gasteiger partial charge >= 0.3 is 0 Å². The van der Waals surface area contributed by atoms with Crippen LogP contribution in [0.5, 0.6) is 0 Å². The highest BCUT2D eigenvalue weighted by atomic mass is 16.3. The van der Waals surface area contributed by atoms with Gasteiger partial charge in [-0.1, -0.05) is 141 Å². The first-order valence-corrected chi connectivity index (χ1v) is 18.8. The van der Waals surface area contributed by atoms with Crippen molar-refractivity contribution in [3.05, 3.63) is 200 Å². The molecule has 0 spiro atoms. The Bertz CT molecular complexity index is 2840. The Morgan fingerprint density at radius 1 is 0.464 bits per heavy atom. The fourth-order valence-electron chi connectivity index (χ4n) is 7.79. The lowest BCUT2D eigenvalue weighted by Gasteiger charge is -2.26. The van der Waals surface area contributed by atoms with Crippen LogP contribution in [0.2, 0.25) is 0 Å². The van der Waals surface area contributed by atoms with Crippen LogP contribution in [0.25, 0.3) is 78.6 Å². The molecule has 0 bridgehead atoms. The minimum Gasteiger partial charge on any atom is -0.456 e. The maximum absolute atomic E-state index is 6.29. The molecule has 56 heavy (non-hydrogen) atoms. The molecule has 0 saturated carbocycles. The minimum atomic E-state index is 0.383. The van der Waals surface area contributed by atoms with E-state index in [0.29, 0.717) is 6.54 Å². The second-order valence-corrected chi connectivity index (χ2v) is 13.9. The molecule has 7 aromatic carbocycles. The zero-order chi connectivity index (χ0) is 38.2. The average molecular weight is 725 g/mol. The second-order valence-electron chi connectivity index (χ2n) is 13.9. The summed E-state index contributed by atoms with van der Waals surface area (Å²) in [6.07, 6.45) is 3.51. The lowest BCUT2D eigenvalue weighted by Crippen LogP contribution is -2.09. The summed E-state index contributed by atoms with van der Waals surface area (Å²) in [7, 11) is 0. The average Bonchev–Trinajstić information content (AvgIpc) is 3.81. The predicted molar refractivity (Wildman–Crippen MR) is 235 cm³/mol. The summed E-state index contributed by atoms with van der Waals surface area (Å²) in [5.41, 5.74) is 21.9. The van der Waals surface area contributed by atoms with Gasteiger partial charge in [0, 0.05) is 56.6 Å². The number of anilines is 3. The van der Waals surface area contributed by atoms with E-state index in [1.165, 1.54) is 16.7 Å². The quantitative estimate of drug-likeness (QED) is 0.153. The fourth-order valence-corrected chi connectivity index (χ4v) is 7.79. The van der Waals surface area contributed by atoms with Crippen LogP contribution in [0, 0.1) is 6.92 Å². The van der Waals surface area contributed by atoms with E-state index in [9.17, 15) is 0 Å². The standard InChI is InChI=1S/C52H40N2O2/c1-4-49-34(3)44-13-9-14-45(51(44)55-49)39-23-29-42(30-24-39)54(41-27-21-38(22-28-41)37-19-17-36(18-20-37)35-11-7-6-8-12-35)43-31-25-40(26-32-43)46-15-10-16-47-48(33-53)50(5-2)56-52(46)47/h4-32H,1-2,33,53H2,3H3. The van der Waals surface area contributed by atoms with Crippen LogP contribution in [-0.2, 0) is 6.54 Å². The lowest BCUT2D eigenvalue weighted by atomic mass is 9.99. The third-order valence-corrected chi connectivity index (χ3v) is 10.7. The molecule has 4 nitrogen and oxygen atoms in total. The van der Waals surface area contributed by atoms with Crippen LogP contribution in [0.1, 0.15) is 22.6 Å². The zero-order valence-electron chi connectivity index (χ0n) is 31.2. The Balaban J connectivity index is 1.09. The van der Waals surface area contributed by atoms with Crippen molar-refractivity contribution < 1.29 is 8.83 Å². The molecule has 0 aliphatic heterocycles. The largest absolute Gasteiger partial charge is 0.456 e. The van der Waals surface area contributed by atoms with Crippen molar-refractivity contribution in [1.29, 1.82) is 0 Å². The number of rotatable bonds is 10. The Hall–Kier alpha value is -7.14. The van der Waals surface area contributed by atoms with Gasteiger partial charge in [-0.3, -0.25) is 0 Å². The number of nitrogens with zero attached hydrogens (tertiary/aromatic N) is 1. The summed E-state index contributed by atoms with van der Waals surface area (Å²) < 4.78 is 12.6. The van der Waals surface area contributed by atoms with Gasteiger partial charge in [-0.15, -0.1) is 0 Å². The first kappa shape index (κ1) is 34.6. The highest BCUT2D eigenvalue weighted by Crippen LogP contribution is 2.41. The second kappa shape index (κ2) is 14.6. The first-order chi connectivity index (χ1) is 27.5. The minimum absolute atomic E-state index is 0.383. The molecule has 0 aliphatic rings.